The highest BCUT2D eigenvalue weighted by Crippen LogP contribution is 2.32. The zero-order valence-electron chi connectivity index (χ0n) is 16.8. The van der Waals surface area contributed by atoms with Crippen LogP contribution in [0.4, 0.5) is 0 Å². The van der Waals surface area contributed by atoms with Crippen LogP contribution in [0, 0.1) is 5.92 Å². The zero-order valence-corrected chi connectivity index (χ0v) is 18.3. The number of hydrogen-bond acceptors (Lipinski definition) is 4. The van der Waals surface area contributed by atoms with E-state index in [1.807, 2.05) is 12.2 Å². The molecule has 4 aliphatic rings. The second kappa shape index (κ2) is 9.23. The molecule has 2 fully saturated rings. The molecule has 7 heteroatoms. The molecule has 1 aromatic heterocycles. The SMILES string of the molecule is Cl.ClC1=CCN=c2c3c([nH]c2=C1)C(C1CCC(OC2CCCCC2)CC1)=NNC3. The average Bonchev–Trinajstić information content (AvgIpc) is 2.95. The average molecular weight is 437 g/mol. The predicted molar refractivity (Wildman–Crippen MR) is 119 cm³/mol. The lowest BCUT2D eigenvalue weighted by molar-refractivity contribution is -0.0477. The Morgan fingerprint density at radius 3 is 2.55 bits per heavy atom. The van der Waals surface area contributed by atoms with Gasteiger partial charge in [-0.2, -0.15) is 5.10 Å². The van der Waals surface area contributed by atoms with E-state index in [-0.39, 0.29) is 12.4 Å². The van der Waals surface area contributed by atoms with Gasteiger partial charge >= 0.3 is 0 Å². The molecule has 0 aromatic carbocycles. The van der Waals surface area contributed by atoms with Crippen LogP contribution >= 0.6 is 24.0 Å². The smallest absolute Gasteiger partial charge is 0.0885 e. The fourth-order valence-electron chi connectivity index (χ4n) is 5.15. The third kappa shape index (κ3) is 4.42. The molecule has 0 saturated heterocycles. The van der Waals surface area contributed by atoms with Gasteiger partial charge in [0.25, 0.3) is 0 Å². The number of nitrogens with one attached hydrogen (secondary N) is 2. The topological polar surface area (TPSA) is 61.8 Å². The molecule has 0 bridgehead atoms. The first-order valence-electron chi connectivity index (χ1n) is 10.9. The van der Waals surface area contributed by atoms with Crippen LogP contribution in [0.1, 0.15) is 69.0 Å². The van der Waals surface area contributed by atoms with Crippen molar-refractivity contribution in [1.82, 2.24) is 10.4 Å². The van der Waals surface area contributed by atoms with Gasteiger partial charge < -0.3 is 15.1 Å². The Kier molecular flexibility index (Phi) is 6.67. The van der Waals surface area contributed by atoms with Crippen molar-refractivity contribution in [2.75, 3.05) is 6.54 Å². The normalized spacial score (nSPS) is 26.9. The van der Waals surface area contributed by atoms with Crippen LogP contribution in [0.3, 0.4) is 0 Å². The first-order valence-corrected chi connectivity index (χ1v) is 11.2. The number of hydrazone groups is 1. The maximum atomic E-state index is 6.43. The Labute approximate surface area is 183 Å². The van der Waals surface area contributed by atoms with E-state index in [9.17, 15) is 0 Å². The quantitative estimate of drug-likeness (QED) is 0.758. The lowest BCUT2D eigenvalue weighted by Gasteiger charge is -2.33. The first kappa shape index (κ1) is 21.0. The van der Waals surface area contributed by atoms with Crippen molar-refractivity contribution in [3.63, 3.8) is 0 Å². The Hall–Kier alpha value is -1.30. The number of H-pyrrole nitrogens is 1. The maximum absolute atomic E-state index is 6.43. The van der Waals surface area contributed by atoms with Gasteiger partial charge in [0.1, 0.15) is 0 Å². The van der Waals surface area contributed by atoms with Crippen LogP contribution in [0.5, 0.6) is 0 Å². The van der Waals surface area contributed by atoms with Crippen LogP contribution in [0.25, 0.3) is 6.08 Å². The fourth-order valence-corrected chi connectivity index (χ4v) is 5.33. The van der Waals surface area contributed by atoms with Gasteiger partial charge in [0.05, 0.1) is 47.4 Å². The summed E-state index contributed by atoms with van der Waals surface area (Å²) >= 11 is 6.26. The largest absolute Gasteiger partial charge is 0.375 e. The molecule has 5 nitrogen and oxygen atoms in total. The summed E-state index contributed by atoms with van der Waals surface area (Å²) in [4.78, 5) is 8.30. The number of halogens is 2. The van der Waals surface area contributed by atoms with Gasteiger partial charge in [-0.1, -0.05) is 30.9 Å². The Morgan fingerprint density at radius 1 is 1.00 bits per heavy atom. The highest BCUT2D eigenvalue weighted by Gasteiger charge is 2.31. The van der Waals surface area contributed by atoms with Crippen LogP contribution in [-0.2, 0) is 11.3 Å². The van der Waals surface area contributed by atoms with E-state index in [4.69, 9.17) is 26.4 Å². The minimum atomic E-state index is 0. The van der Waals surface area contributed by atoms with E-state index in [0.717, 1.165) is 59.4 Å². The number of hydrogen-bond donors (Lipinski definition) is 2. The molecule has 0 radical (unpaired) electrons. The van der Waals surface area contributed by atoms with Crippen molar-refractivity contribution in [2.45, 2.75) is 76.5 Å². The van der Waals surface area contributed by atoms with Gasteiger partial charge in [0, 0.05) is 16.5 Å². The molecule has 5 rings (SSSR count). The van der Waals surface area contributed by atoms with Crippen LogP contribution in [0.15, 0.2) is 21.2 Å². The van der Waals surface area contributed by atoms with Gasteiger partial charge in [-0.15, -0.1) is 12.4 Å². The molecule has 3 heterocycles. The van der Waals surface area contributed by atoms with Crippen LogP contribution in [0.2, 0.25) is 0 Å². The van der Waals surface area contributed by atoms with E-state index in [0.29, 0.717) is 24.7 Å². The number of rotatable bonds is 3. The number of fused-ring (bicyclic) bond motifs is 3. The number of allylic oxidation sites excluding steroid dienone is 1. The summed E-state index contributed by atoms with van der Waals surface area (Å²) < 4.78 is 6.43. The van der Waals surface area contributed by atoms with Gasteiger partial charge in [-0.05, 0) is 50.7 Å². The maximum Gasteiger partial charge on any atom is 0.0885 e. The Bertz CT molecular complexity index is 906. The van der Waals surface area contributed by atoms with Crippen molar-refractivity contribution >= 4 is 35.8 Å². The second-order valence-electron chi connectivity index (χ2n) is 8.52. The predicted octanol–water partition coefficient (Wildman–Crippen LogP) is 3.69. The molecular weight excluding hydrogens is 407 g/mol. The molecule has 29 heavy (non-hydrogen) atoms. The van der Waals surface area contributed by atoms with Gasteiger partial charge in [-0.25, -0.2) is 0 Å². The first-order chi connectivity index (χ1) is 13.8. The third-order valence-corrected chi connectivity index (χ3v) is 6.89. The standard InChI is InChI=1S/C22H29ClN4O.ClH/c23-15-10-11-24-21-18-13-25-27-20(22(18)26-19(21)12-15)14-6-8-17(9-7-14)28-16-4-2-1-3-5-16;/h10,12,14,16-17,25-26H,1-9,11,13H2;1H. The molecular formula is C22H30Cl2N4O. The summed E-state index contributed by atoms with van der Waals surface area (Å²) in [6, 6.07) is 0. The summed E-state index contributed by atoms with van der Waals surface area (Å²) in [5.41, 5.74) is 6.80. The summed E-state index contributed by atoms with van der Waals surface area (Å²) in [6.07, 6.45) is 16.0. The van der Waals surface area contributed by atoms with Crippen LogP contribution in [-0.4, -0.2) is 29.4 Å². The molecule has 0 amide bonds. The Balaban J connectivity index is 0.00000205. The van der Waals surface area contributed by atoms with Crippen molar-refractivity contribution < 1.29 is 4.74 Å². The van der Waals surface area contributed by atoms with E-state index in [1.54, 1.807) is 0 Å². The highest BCUT2D eigenvalue weighted by molar-refractivity contribution is 6.34. The number of aromatic amines is 1. The molecule has 0 atom stereocenters. The molecule has 2 aliphatic carbocycles. The molecule has 2 N–H and O–H groups in total. The molecule has 2 saturated carbocycles. The molecule has 0 unspecified atom stereocenters. The highest BCUT2D eigenvalue weighted by atomic mass is 35.5. The van der Waals surface area contributed by atoms with Gasteiger partial charge in [-0.3, -0.25) is 4.99 Å². The van der Waals surface area contributed by atoms with Crippen molar-refractivity contribution in [3.05, 3.63) is 33.1 Å². The summed E-state index contributed by atoms with van der Waals surface area (Å²) in [5, 5.41) is 7.50. The van der Waals surface area contributed by atoms with Crippen molar-refractivity contribution in [1.29, 1.82) is 0 Å². The van der Waals surface area contributed by atoms with E-state index >= 15 is 0 Å². The summed E-state index contributed by atoms with van der Waals surface area (Å²) in [6.45, 7) is 1.35. The summed E-state index contributed by atoms with van der Waals surface area (Å²) in [7, 11) is 0. The van der Waals surface area contributed by atoms with E-state index < -0.39 is 0 Å². The van der Waals surface area contributed by atoms with Crippen LogP contribution < -0.4 is 16.1 Å². The fraction of sp³-hybridized carbons (Fsp3) is 0.636. The number of ether oxygens (including phenoxy) is 1. The molecule has 0 spiro atoms. The third-order valence-electron chi connectivity index (χ3n) is 6.63. The lowest BCUT2D eigenvalue weighted by atomic mass is 9.82. The monoisotopic (exact) mass is 436 g/mol. The Morgan fingerprint density at radius 2 is 1.76 bits per heavy atom. The summed E-state index contributed by atoms with van der Waals surface area (Å²) in [5.74, 6) is 0.478. The van der Waals surface area contributed by atoms with Gasteiger partial charge in [0.15, 0.2) is 0 Å². The number of nitrogens with zero attached hydrogens (tertiary/aromatic N) is 2. The molecule has 158 valence electrons. The minimum absolute atomic E-state index is 0. The second-order valence-corrected chi connectivity index (χ2v) is 8.95. The minimum Gasteiger partial charge on any atom is -0.375 e. The molecule has 2 aliphatic heterocycles. The lowest BCUT2D eigenvalue weighted by Crippen LogP contribution is -2.34. The van der Waals surface area contributed by atoms with Crippen molar-refractivity contribution in [3.8, 4) is 0 Å². The zero-order chi connectivity index (χ0) is 18.9. The molecule has 1 aromatic rings. The number of aromatic nitrogens is 1. The van der Waals surface area contributed by atoms with E-state index in [2.05, 4.69) is 10.4 Å². The van der Waals surface area contributed by atoms with Crippen molar-refractivity contribution in [2.24, 2.45) is 16.0 Å². The van der Waals surface area contributed by atoms with Gasteiger partial charge in [0.2, 0.25) is 0 Å². The van der Waals surface area contributed by atoms with E-state index in [1.165, 1.54) is 37.7 Å².